The lowest BCUT2D eigenvalue weighted by molar-refractivity contribution is 0.159. The second kappa shape index (κ2) is 7.91. The largest absolute Gasteiger partial charge is 0.378 e. The van der Waals surface area contributed by atoms with E-state index in [1.165, 1.54) is 17.7 Å². The molecule has 0 aliphatic carbocycles. The summed E-state index contributed by atoms with van der Waals surface area (Å²) < 4.78 is 5.46. The molecule has 0 amide bonds. The first kappa shape index (κ1) is 13.8. The van der Waals surface area contributed by atoms with Gasteiger partial charge in [0, 0.05) is 26.4 Å². The Bertz CT molecular complexity index is 327. The molecule has 0 radical (unpaired) electrons. The molecule has 0 fully saturated rings. The Balaban J connectivity index is 2.33. The Labute approximate surface area is 105 Å². The normalized spacial score (nSPS) is 11.0. The van der Waals surface area contributed by atoms with E-state index in [0.717, 1.165) is 13.0 Å². The molecule has 0 unspecified atom stereocenters. The fourth-order valence-electron chi connectivity index (χ4n) is 1.47. The highest BCUT2D eigenvalue weighted by molar-refractivity contribution is 5.55. The van der Waals surface area contributed by atoms with Crippen LogP contribution in [0.25, 0.3) is 6.08 Å². The highest BCUT2D eigenvalue weighted by Crippen LogP contribution is 2.12. The zero-order valence-corrected chi connectivity index (χ0v) is 11.1. The van der Waals surface area contributed by atoms with Gasteiger partial charge in [0.15, 0.2) is 0 Å². The third-order valence-electron chi connectivity index (χ3n) is 2.58. The van der Waals surface area contributed by atoms with E-state index in [4.69, 9.17) is 4.74 Å². The molecule has 0 aromatic heterocycles. The monoisotopic (exact) mass is 233 g/mol. The summed E-state index contributed by atoms with van der Waals surface area (Å²) in [5.41, 5.74) is 2.44. The minimum absolute atomic E-state index is 0.704. The second-order valence-corrected chi connectivity index (χ2v) is 4.32. The van der Waals surface area contributed by atoms with Gasteiger partial charge in [0.25, 0.3) is 0 Å². The molecule has 94 valence electrons. The summed E-state index contributed by atoms with van der Waals surface area (Å²) in [5.74, 6) is 0. The van der Waals surface area contributed by atoms with Crippen molar-refractivity contribution in [2.75, 3.05) is 32.2 Å². The maximum absolute atomic E-state index is 5.46. The molecule has 1 aromatic rings. The molecule has 0 aliphatic rings. The molecular formula is C15H23NO. The highest BCUT2D eigenvalue weighted by atomic mass is 16.5. The van der Waals surface area contributed by atoms with Crippen molar-refractivity contribution in [3.8, 4) is 0 Å². The van der Waals surface area contributed by atoms with E-state index < -0.39 is 0 Å². The molecule has 17 heavy (non-hydrogen) atoms. The number of ether oxygens (including phenoxy) is 1. The summed E-state index contributed by atoms with van der Waals surface area (Å²) in [5, 5.41) is 0. The summed E-state index contributed by atoms with van der Waals surface area (Å²) in [6.45, 7) is 3.74. The maximum Gasteiger partial charge on any atom is 0.0650 e. The van der Waals surface area contributed by atoms with Gasteiger partial charge in [-0.2, -0.15) is 0 Å². The van der Waals surface area contributed by atoms with Crippen molar-refractivity contribution < 1.29 is 4.74 Å². The molecule has 0 atom stereocenters. The van der Waals surface area contributed by atoms with Gasteiger partial charge >= 0.3 is 0 Å². The van der Waals surface area contributed by atoms with E-state index in [1.54, 1.807) is 0 Å². The van der Waals surface area contributed by atoms with Crippen molar-refractivity contribution >= 4 is 11.8 Å². The topological polar surface area (TPSA) is 12.5 Å². The fraction of sp³-hybridized carbons (Fsp3) is 0.467. The summed E-state index contributed by atoms with van der Waals surface area (Å²) >= 11 is 0. The fourth-order valence-corrected chi connectivity index (χ4v) is 1.47. The molecule has 0 aliphatic heterocycles. The third-order valence-corrected chi connectivity index (χ3v) is 2.58. The van der Waals surface area contributed by atoms with Crippen LogP contribution in [-0.4, -0.2) is 27.3 Å². The summed E-state index contributed by atoms with van der Waals surface area (Å²) in [6, 6.07) is 8.49. The van der Waals surface area contributed by atoms with Crippen LogP contribution >= 0.6 is 0 Å². The van der Waals surface area contributed by atoms with Gasteiger partial charge in [0.2, 0.25) is 0 Å². The molecule has 1 rings (SSSR count). The van der Waals surface area contributed by atoms with Crippen molar-refractivity contribution in [3.05, 3.63) is 35.9 Å². The average molecular weight is 233 g/mol. The standard InChI is InChI=1S/C15H23NO/c1-4-5-12-17-13-6-7-14-8-10-15(11-9-14)16(2)3/h6-11H,4-5,12-13H2,1-3H3/b7-6-. The van der Waals surface area contributed by atoms with Crippen LogP contribution < -0.4 is 4.90 Å². The number of nitrogens with zero attached hydrogens (tertiary/aromatic N) is 1. The van der Waals surface area contributed by atoms with Gasteiger partial charge in [-0.3, -0.25) is 0 Å². The summed E-state index contributed by atoms with van der Waals surface area (Å²) in [6.07, 6.45) is 6.51. The maximum atomic E-state index is 5.46. The first-order chi connectivity index (χ1) is 8.24. The van der Waals surface area contributed by atoms with Crippen LogP contribution in [0.5, 0.6) is 0 Å². The number of hydrogen-bond donors (Lipinski definition) is 0. The molecule has 0 N–H and O–H groups in total. The zero-order valence-electron chi connectivity index (χ0n) is 11.1. The molecule has 0 heterocycles. The molecule has 0 saturated carbocycles. The Morgan fingerprint density at radius 1 is 1.18 bits per heavy atom. The lowest BCUT2D eigenvalue weighted by atomic mass is 10.2. The van der Waals surface area contributed by atoms with Crippen LogP contribution in [0.1, 0.15) is 25.3 Å². The van der Waals surface area contributed by atoms with Gasteiger partial charge in [-0.25, -0.2) is 0 Å². The lowest BCUT2D eigenvalue weighted by Crippen LogP contribution is -2.07. The van der Waals surface area contributed by atoms with Crippen LogP contribution in [0.4, 0.5) is 5.69 Å². The Morgan fingerprint density at radius 2 is 1.88 bits per heavy atom. The first-order valence-electron chi connectivity index (χ1n) is 6.25. The molecule has 2 nitrogen and oxygen atoms in total. The van der Waals surface area contributed by atoms with E-state index in [0.29, 0.717) is 6.61 Å². The summed E-state index contributed by atoms with van der Waals surface area (Å²) in [7, 11) is 4.10. The first-order valence-corrected chi connectivity index (χ1v) is 6.25. The van der Waals surface area contributed by atoms with Gasteiger partial charge in [0.05, 0.1) is 6.61 Å². The van der Waals surface area contributed by atoms with Crippen LogP contribution in [0.2, 0.25) is 0 Å². The van der Waals surface area contributed by atoms with Crippen molar-refractivity contribution in [2.45, 2.75) is 19.8 Å². The van der Waals surface area contributed by atoms with E-state index >= 15 is 0 Å². The van der Waals surface area contributed by atoms with Crippen LogP contribution in [-0.2, 0) is 4.74 Å². The third kappa shape index (κ3) is 5.55. The van der Waals surface area contributed by atoms with Crippen LogP contribution in [0, 0.1) is 0 Å². The minimum atomic E-state index is 0.704. The van der Waals surface area contributed by atoms with Crippen molar-refractivity contribution in [1.29, 1.82) is 0 Å². The number of unbranched alkanes of at least 4 members (excludes halogenated alkanes) is 1. The van der Waals surface area contributed by atoms with Gasteiger partial charge in [0.1, 0.15) is 0 Å². The average Bonchev–Trinajstić information content (AvgIpc) is 2.34. The van der Waals surface area contributed by atoms with E-state index in [1.807, 2.05) is 14.1 Å². The van der Waals surface area contributed by atoms with Gasteiger partial charge in [-0.05, 0) is 24.1 Å². The van der Waals surface area contributed by atoms with Gasteiger partial charge in [-0.15, -0.1) is 0 Å². The van der Waals surface area contributed by atoms with E-state index in [-0.39, 0.29) is 0 Å². The summed E-state index contributed by atoms with van der Waals surface area (Å²) in [4.78, 5) is 2.10. The van der Waals surface area contributed by atoms with Crippen molar-refractivity contribution in [3.63, 3.8) is 0 Å². The molecule has 0 bridgehead atoms. The van der Waals surface area contributed by atoms with Crippen molar-refractivity contribution in [1.82, 2.24) is 0 Å². The highest BCUT2D eigenvalue weighted by Gasteiger charge is 1.93. The lowest BCUT2D eigenvalue weighted by Gasteiger charge is -2.11. The van der Waals surface area contributed by atoms with Crippen LogP contribution in [0.3, 0.4) is 0 Å². The Kier molecular flexibility index (Phi) is 6.41. The predicted molar refractivity (Wildman–Crippen MR) is 75.5 cm³/mol. The molecule has 0 spiro atoms. The predicted octanol–water partition coefficient (Wildman–Crippen LogP) is 3.58. The number of rotatable bonds is 7. The van der Waals surface area contributed by atoms with E-state index in [9.17, 15) is 0 Å². The number of benzene rings is 1. The molecule has 0 saturated heterocycles. The number of anilines is 1. The molecular weight excluding hydrogens is 210 g/mol. The Morgan fingerprint density at radius 3 is 2.47 bits per heavy atom. The van der Waals surface area contributed by atoms with E-state index in [2.05, 4.69) is 48.2 Å². The van der Waals surface area contributed by atoms with Gasteiger partial charge < -0.3 is 9.64 Å². The minimum Gasteiger partial charge on any atom is -0.378 e. The number of hydrogen-bond acceptors (Lipinski definition) is 2. The zero-order chi connectivity index (χ0) is 12.5. The SMILES string of the molecule is CCCCOC/C=C\c1ccc(N(C)C)cc1. The van der Waals surface area contributed by atoms with Crippen LogP contribution in [0.15, 0.2) is 30.3 Å². The second-order valence-electron chi connectivity index (χ2n) is 4.32. The Hall–Kier alpha value is -1.28. The molecule has 1 aromatic carbocycles. The smallest absolute Gasteiger partial charge is 0.0650 e. The van der Waals surface area contributed by atoms with Gasteiger partial charge in [-0.1, -0.05) is 37.6 Å². The molecule has 2 heteroatoms. The van der Waals surface area contributed by atoms with Crippen molar-refractivity contribution in [2.24, 2.45) is 0 Å². The quantitative estimate of drug-likeness (QED) is 0.667.